The van der Waals surface area contributed by atoms with Gasteiger partial charge in [-0.3, -0.25) is 4.90 Å². The van der Waals surface area contributed by atoms with Crippen LogP contribution in [-0.4, -0.2) is 23.0 Å². The van der Waals surface area contributed by atoms with E-state index in [0.29, 0.717) is 0 Å². The normalized spacial score (nSPS) is 15.1. The molecule has 0 atom stereocenters. The Bertz CT molecular complexity index is 702. The molecule has 2 heterocycles. The van der Waals surface area contributed by atoms with Crippen molar-refractivity contribution in [2.45, 2.75) is 19.4 Å². The van der Waals surface area contributed by atoms with E-state index in [2.05, 4.69) is 65.6 Å². The molecule has 3 aromatic rings. The van der Waals surface area contributed by atoms with E-state index in [0.717, 1.165) is 12.2 Å². The van der Waals surface area contributed by atoms with Crippen molar-refractivity contribution in [3.8, 4) is 21.7 Å². The Balaban J connectivity index is 1.74. The van der Waals surface area contributed by atoms with Crippen molar-refractivity contribution >= 4 is 11.3 Å². The van der Waals surface area contributed by atoms with Crippen LogP contribution < -0.4 is 0 Å². The minimum Gasteiger partial charge on any atom is -0.297 e. The lowest BCUT2D eigenvalue weighted by molar-refractivity contribution is 0.331. The smallest absolute Gasteiger partial charge is 0.108 e. The summed E-state index contributed by atoms with van der Waals surface area (Å²) in [4.78, 5) is 8.80. The van der Waals surface area contributed by atoms with Crippen molar-refractivity contribution in [2.24, 2.45) is 0 Å². The van der Waals surface area contributed by atoms with Crippen molar-refractivity contribution in [2.75, 3.05) is 13.1 Å². The topological polar surface area (TPSA) is 16.1 Å². The van der Waals surface area contributed by atoms with Gasteiger partial charge in [-0.25, -0.2) is 4.98 Å². The van der Waals surface area contributed by atoms with Gasteiger partial charge in [0.05, 0.1) is 17.1 Å². The summed E-state index contributed by atoms with van der Waals surface area (Å²) in [5, 5.41) is 1.23. The Morgan fingerprint density at radius 1 is 0.826 bits per heavy atom. The third kappa shape index (κ3) is 3.21. The first kappa shape index (κ1) is 14.6. The predicted molar refractivity (Wildman–Crippen MR) is 97.5 cm³/mol. The molecular formula is C20H20N2S. The van der Waals surface area contributed by atoms with Gasteiger partial charge in [0.1, 0.15) is 5.01 Å². The average Bonchev–Trinajstić information content (AvgIpc) is 3.27. The summed E-state index contributed by atoms with van der Waals surface area (Å²) >= 11 is 1.84. The van der Waals surface area contributed by atoms with Gasteiger partial charge in [0.2, 0.25) is 0 Å². The van der Waals surface area contributed by atoms with Gasteiger partial charge in [0.15, 0.2) is 0 Å². The zero-order chi connectivity index (χ0) is 15.5. The lowest BCUT2D eigenvalue weighted by atomic mass is 10.1. The molecule has 1 aliphatic rings. The summed E-state index contributed by atoms with van der Waals surface area (Å²) < 4.78 is 0. The second-order valence-corrected chi connectivity index (χ2v) is 7.08. The molecule has 0 unspecified atom stereocenters. The highest BCUT2D eigenvalue weighted by molar-refractivity contribution is 7.15. The number of hydrogen-bond donors (Lipinski definition) is 0. The van der Waals surface area contributed by atoms with E-state index in [4.69, 9.17) is 4.98 Å². The summed E-state index contributed by atoms with van der Waals surface area (Å²) in [5.41, 5.74) is 3.59. The zero-order valence-corrected chi connectivity index (χ0v) is 13.9. The molecule has 1 saturated heterocycles. The highest BCUT2D eigenvalue weighted by Gasteiger charge is 2.18. The van der Waals surface area contributed by atoms with Crippen LogP contribution in [0.4, 0.5) is 0 Å². The number of aromatic nitrogens is 1. The summed E-state index contributed by atoms with van der Waals surface area (Å²) in [5.74, 6) is 0. The molecule has 1 aromatic heterocycles. The number of thiazole rings is 1. The molecule has 0 aliphatic carbocycles. The number of benzene rings is 2. The SMILES string of the molecule is c1ccc(-c2nc(CN3CCCC3)sc2-c2ccccc2)cc1. The molecule has 2 aromatic carbocycles. The number of hydrogen-bond acceptors (Lipinski definition) is 3. The largest absolute Gasteiger partial charge is 0.297 e. The lowest BCUT2D eigenvalue weighted by Crippen LogP contribution is -2.18. The van der Waals surface area contributed by atoms with Crippen LogP contribution in [0.15, 0.2) is 60.7 Å². The van der Waals surface area contributed by atoms with Crippen LogP contribution in [-0.2, 0) is 6.54 Å². The fraction of sp³-hybridized carbons (Fsp3) is 0.250. The monoisotopic (exact) mass is 320 g/mol. The van der Waals surface area contributed by atoms with Gasteiger partial charge in [-0.05, 0) is 31.5 Å². The van der Waals surface area contributed by atoms with Crippen molar-refractivity contribution < 1.29 is 0 Å². The molecule has 0 radical (unpaired) electrons. The Hall–Kier alpha value is -1.97. The zero-order valence-electron chi connectivity index (χ0n) is 13.1. The summed E-state index contributed by atoms with van der Waals surface area (Å²) in [6, 6.07) is 21.2. The fourth-order valence-corrected chi connectivity index (χ4v) is 4.27. The van der Waals surface area contributed by atoms with Crippen LogP contribution in [0, 0.1) is 0 Å². The van der Waals surface area contributed by atoms with Crippen molar-refractivity contribution in [1.29, 1.82) is 0 Å². The molecular weight excluding hydrogens is 300 g/mol. The van der Waals surface area contributed by atoms with E-state index in [9.17, 15) is 0 Å². The molecule has 0 bridgehead atoms. The van der Waals surface area contributed by atoms with Gasteiger partial charge in [-0.1, -0.05) is 60.7 Å². The van der Waals surface area contributed by atoms with E-state index in [1.165, 1.54) is 46.9 Å². The van der Waals surface area contributed by atoms with Crippen LogP contribution >= 0.6 is 11.3 Å². The third-order valence-electron chi connectivity index (χ3n) is 4.31. The second-order valence-electron chi connectivity index (χ2n) is 6.00. The van der Waals surface area contributed by atoms with Gasteiger partial charge in [0, 0.05) is 5.56 Å². The number of likely N-dealkylation sites (tertiary alicyclic amines) is 1. The van der Waals surface area contributed by atoms with Gasteiger partial charge < -0.3 is 0 Å². The van der Waals surface area contributed by atoms with Crippen LogP contribution in [0.2, 0.25) is 0 Å². The van der Waals surface area contributed by atoms with Gasteiger partial charge in [0.25, 0.3) is 0 Å². The first-order chi connectivity index (χ1) is 11.4. The van der Waals surface area contributed by atoms with Crippen molar-refractivity contribution in [3.63, 3.8) is 0 Å². The van der Waals surface area contributed by atoms with Crippen LogP contribution in [0.25, 0.3) is 21.7 Å². The minimum atomic E-state index is 0.983. The van der Waals surface area contributed by atoms with E-state index in [1.54, 1.807) is 0 Å². The first-order valence-corrected chi connectivity index (χ1v) is 9.05. The molecule has 1 aliphatic heterocycles. The summed E-state index contributed by atoms with van der Waals surface area (Å²) in [6.07, 6.45) is 2.64. The fourth-order valence-electron chi connectivity index (χ4n) is 3.14. The Labute approximate surface area is 141 Å². The van der Waals surface area contributed by atoms with Crippen molar-refractivity contribution in [1.82, 2.24) is 9.88 Å². The molecule has 0 saturated carbocycles. The lowest BCUT2D eigenvalue weighted by Gasteiger charge is -2.11. The molecule has 0 spiro atoms. The quantitative estimate of drug-likeness (QED) is 0.667. The Morgan fingerprint density at radius 2 is 1.43 bits per heavy atom. The van der Waals surface area contributed by atoms with Gasteiger partial charge >= 0.3 is 0 Å². The highest BCUT2D eigenvalue weighted by Crippen LogP contribution is 2.37. The van der Waals surface area contributed by atoms with Gasteiger partial charge in [-0.15, -0.1) is 11.3 Å². The third-order valence-corrected chi connectivity index (χ3v) is 5.40. The van der Waals surface area contributed by atoms with E-state index in [1.807, 2.05) is 11.3 Å². The second kappa shape index (κ2) is 6.65. The molecule has 3 heteroatoms. The average molecular weight is 320 g/mol. The molecule has 116 valence electrons. The number of rotatable bonds is 4. The molecule has 0 N–H and O–H groups in total. The molecule has 4 rings (SSSR count). The molecule has 0 amide bonds. The number of nitrogens with zero attached hydrogens (tertiary/aromatic N) is 2. The van der Waals surface area contributed by atoms with Crippen molar-refractivity contribution in [3.05, 3.63) is 65.7 Å². The maximum atomic E-state index is 5.00. The summed E-state index contributed by atoms with van der Waals surface area (Å²) in [6.45, 7) is 3.40. The Kier molecular flexibility index (Phi) is 4.22. The van der Waals surface area contributed by atoms with Crippen LogP contribution in [0.5, 0.6) is 0 Å². The van der Waals surface area contributed by atoms with Crippen LogP contribution in [0.3, 0.4) is 0 Å². The molecule has 1 fully saturated rings. The highest BCUT2D eigenvalue weighted by atomic mass is 32.1. The maximum Gasteiger partial charge on any atom is 0.108 e. The van der Waals surface area contributed by atoms with E-state index >= 15 is 0 Å². The van der Waals surface area contributed by atoms with E-state index < -0.39 is 0 Å². The van der Waals surface area contributed by atoms with Gasteiger partial charge in [-0.2, -0.15) is 0 Å². The summed E-state index contributed by atoms with van der Waals surface area (Å²) in [7, 11) is 0. The molecule has 2 nitrogen and oxygen atoms in total. The van der Waals surface area contributed by atoms with E-state index in [-0.39, 0.29) is 0 Å². The maximum absolute atomic E-state index is 5.00. The Morgan fingerprint density at radius 3 is 2.09 bits per heavy atom. The first-order valence-electron chi connectivity index (χ1n) is 8.23. The standard InChI is InChI=1S/C20H20N2S/c1-3-9-16(10-4-1)19-20(17-11-5-2-6-12-17)23-18(21-19)15-22-13-7-8-14-22/h1-6,9-12H,7-8,13-15H2. The van der Waals surface area contributed by atoms with Crippen LogP contribution in [0.1, 0.15) is 17.8 Å². The predicted octanol–water partition coefficient (Wildman–Crippen LogP) is 5.07. The molecule has 23 heavy (non-hydrogen) atoms. The minimum absolute atomic E-state index is 0.983.